The maximum atomic E-state index is 6.27. The van der Waals surface area contributed by atoms with E-state index in [4.69, 9.17) is 9.72 Å². The topological polar surface area (TPSA) is 62.8 Å². The molecule has 2 aromatic heterocycles. The van der Waals surface area contributed by atoms with E-state index in [9.17, 15) is 0 Å². The number of imidazole rings is 1. The Morgan fingerprint density at radius 1 is 0.871 bits per heavy atom. The van der Waals surface area contributed by atoms with Gasteiger partial charge in [-0.15, -0.1) is 0 Å². The molecule has 0 fully saturated rings. The summed E-state index contributed by atoms with van der Waals surface area (Å²) in [5, 5.41) is 5.63. The number of nitrogens with zero attached hydrogens (tertiary/aromatic N) is 2. The van der Waals surface area contributed by atoms with Gasteiger partial charge in [0, 0.05) is 17.1 Å². The Kier molecular flexibility index (Phi) is 4.59. The predicted octanol–water partition coefficient (Wildman–Crippen LogP) is 6.94. The van der Waals surface area contributed by atoms with E-state index in [1.165, 1.54) is 0 Å². The molecule has 0 aliphatic carbocycles. The third kappa shape index (κ3) is 3.70. The number of hydrogen-bond donors (Lipinski definition) is 2. The minimum atomic E-state index is -0.0429. The van der Waals surface area contributed by atoms with Gasteiger partial charge in [0.2, 0.25) is 11.8 Å². The van der Waals surface area contributed by atoms with Gasteiger partial charge in [0.1, 0.15) is 11.4 Å². The van der Waals surface area contributed by atoms with Crippen LogP contribution in [0.25, 0.3) is 21.8 Å². The van der Waals surface area contributed by atoms with E-state index in [1.807, 2.05) is 42.5 Å². The fourth-order valence-electron chi connectivity index (χ4n) is 3.78. The summed E-state index contributed by atoms with van der Waals surface area (Å²) in [6, 6.07) is 24.3. The van der Waals surface area contributed by atoms with Crippen LogP contribution >= 0.6 is 0 Å². The van der Waals surface area contributed by atoms with Gasteiger partial charge in [-0.3, -0.25) is 0 Å². The lowest BCUT2D eigenvalue weighted by molar-refractivity contribution is 0.442. The third-order valence-electron chi connectivity index (χ3n) is 5.30. The van der Waals surface area contributed by atoms with Crippen LogP contribution in [-0.2, 0) is 5.41 Å². The number of nitrogens with one attached hydrogen (secondary N) is 2. The molecule has 0 saturated carbocycles. The molecular formula is C26H24N4O. The van der Waals surface area contributed by atoms with Crippen LogP contribution < -0.4 is 10.1 Å². The number of H-pyrrole nitrogens is 1. The van der Waals surface area contributed by atoms with Gasteiger partial charge in [0.15, 0.2) is 0 Å². The van der Waals surface area contributed by atoms with Crippen molar-refractivity contribution in [3.63, 3.8) is 0 Å². The molecule has 0 amide bonds. The lowest BCUT2D eigenvalue weighted by atomic mass is 9.86. The van der Waals surface area contributed by atoms with Gasteiger partial charge in [-0.1, -0.05) is 69.3 Å². The molecular weight excluding hydrogens is 384 g/mol. The van der Waals surface area contributed by atoms with Crippen LogP contribution in [-0.4, -0.2) is 15.0 Å². The van der Waals surface area contributed by atoms with Gasteiger partial charge >= 0.3 is 0 Å². The molecule has 31 heavy (non-hydrogen) atoms. The monoisotopic (exact) mass is 408 g/mol. The SMILES string of the molecule is CC(C)(C)c1ccccc1Oc1ncccc1Nc1nc2c(ccc3ccccc32)[nH]1. The van der Waals surface area contributed by atoms with E-state index in [2.05, 4.69) is 66.4 Å². The first-order chi connectivity index (χ1) is 15.0. The van der Waals surface area contributed by atoms with Gasteiger partial charge in [0.05, 0.1) is 11.0 Å². The summed E-state index contributed by atoms with van der Waals surface area (Å²) in [4.78, 5) is 12.6. The number of fused-ring (bicyclic) bond motifs is 3. The molecule has 2 heterocycles. The van der Waals surface area contributed by atoms with Gasteiger partial charge in [0.25, 0.3) is 0 Å². The Labute approximate surface area is 181 Å². The highest BCUT2D eigenvalue weighted by atomic mass is 16.5. The van der Waals surface area contributed by atoms with Crippen molar-refractivity contribution in [3.05, 3.63) is 84.6 Å². The van der Waals surface area contributed by atoms with Crippen LogP contribution in [0.5, 0.6) is 11.6 Å². The Morgan fingerprint density at radius 3 is 2.55 bits per heavy atom. The molecule has 5 rings (SSSR count). The molecule has 0 spiro atoms. The summed E-state index contributed by atoms with van der Waals surface area (Å²) in [6.45, 7) is 6.52. The second kappa shape index (κ2) is 7.43. The van der Waals surface area contributed by atoms with Crippen molar-refractivity contribution in [1.82, 2.24) is 15.0 Å². The molecule has 0 unspecified atom stereocenters. The lowest BCUT2D eigenvalue weighted by Crippen LogP contribution is -2.12. The van der Waals surface area contributed by atoms with Gasteiger partial charge < -0.3 is 15.0 Å². The van der Waals surface area contributed by atoms with Crippen molar-refractivity contribution in [3.8, 4) is 11.6 Å². The first kappa shape index (κ1) is 19.1. The van der Waals surface area contributed by atoms with Crippen LogP contribution in [0.15, 0.2) is 79.0 Å². The average molecular weight is 409 g/mol. The van der Waals surface area contributed by atoms with E-state index < -0.39 is 0 Å². The Hall–Kier alpha value is -3.86. The van der Waals surface area contributed by atoms with Gasteiger partial charge in [-0.25, -0.2) is 9.97 Å². The summed E-state index contributed by atoms with van der Waals surface area (Å²) >= 11 is 0. The molecule has 0 aliphatic rings. The number of aromatic amines is 1. The standard InChI is InChI=1S/C26H24N4O/c1-26(2,3)19-11-6-7-13-22(19)31-24-21(12-8-16-27-24)29-25-28-20-15-14-17-9-4-5-10-18(17)23(20)30-25/h4-16H,1-3H3,(H2,28,29,30). The second-order valence-corrected chi connectivity index (χ2v) is 8.60. The molecule has 5 nitrogen and oxygen atoms in total. The Bertz CT molecular complexity index is 1380. The summed E-state index contributed by atoms with van der Waals surface area (Å²) in [5.74, 6) is 1.95. The van der Waals surface area contributed by atoms with Crippen LogP contribution in [0, 0.1) is 0 Å². The maximum Gasteiger partial charge on any atom is 0.243 e. The number of aromatic nitrogens is 3. The van der Waals surface area contributed by atoms with Crippen molar-refractivity contribution in [2.75, 3.05) is 5.32 Å². The Morgan fingerprint density at radius 2 is 1.68 bits per heavy atom. The van der Waals surface area contributed by atoms with Gasteiger partial charge in [-0.05, 0) is 35.1 Å². The zero-order valence-corrected chi connectivity index (χ0v) is 17.8. The van der Waals surface area contributed by atoms with E-state index in [0.29, 0.717) is 11.8 Å². The quantitative estimate of drug-likeness (QED) is 0.338. The highest BCUT2D eigenvalue weighted by molar-refractivity contribution is 6.04. The Balaban J connectivity index is 1.50. The number of para-hydroxylation sites is 1. The van der Waals surface area contributed by atoms with E-state index in [-0.39, 0.29) is 5.41 Å². The average Bonchev–Trinajstić information content (AvgIpc) is 3.18. The van der Waals surface area contributed by atoms with E-state index >= 15 is 0 Å². The normalized spacial score (nSPS) is 11.7. The predicted molar refractivity (Wildman–Crippen MR) is 126 cm³/mol. The molecule has 0 radical (unpaired) electrons. The number of anilines is 2. The summed E-state index contributed by atoms with van der Waals surface area (Å²) in [7, 11) is 0. The molecule has 0 atom stereocenters. The van der Waals surface area contributed by atoms with Gasteiger partial charge in [-0.2, -0.15) is 0 Å². The van der Waals surface area contributed by atoms with Crippen molar-refractivity contribution >= 4 is 33.4 Å². The molecule has 0 saturated heterocycles. The van der Waals surface area contributed by atoms with Crippen LogP contribution in [0.2, 0.25) is 0 Å². The summed E-state index contributed by atoms with van der Waals surface area (Å²) < 4.78 is 6.27. The highest BCUT2D eigenvalue weighted by Gasteiger charge is 2.20. The molecule has 5 heteroatoms. The zero-order valence-electron chi connectivity index (χ0n) is 17.8. The fraction of sp³-hybridized carbons (Fsp3) is 0.154. The zero-order chi connectivity index (χ0) is 21.4. The first-order valence-corrected chi connectivity index (χ1v) is 10.4. The van der Waals surface area contributed by atoms with Crippen molar-refractivity contribution in [2.24, 2.45) is 0 Å². The van der Waals surface area contributed by atoms with E-state index in [1.54, 1.807) is 6.20 Å². The van der Waals surface area contributed by atoms with Crippen LogP contribution in [0.1, 0.15) is 26.3 Å². The largest absolute Gasteiger partial charge is 0.437 e. The summed E-state index contributed by atoms with van der Waals surface area (Å²) in [5.41, 5.74) is 3.74. The van der Waals surface area contributed by atoms with Crippen molar-refractivity contribution in [1.29, 1.82) is 0 Å². The number of ether oxygens (including phenoxy) is 1. The number of benzene rings is 3. The summed E-state index contributed by atoms with van der Waals surface area (Å²) in [6.07, 6.45) is 1.73. The minimum absolute atomic E-state index is 0.0429. The minimum Gasteiger partial charge on any atom is -0.437 e. The molecule has 5 aromatic rings. The number of rotatable bonds is 4. The van der Waals surface area contributed by atoms with Crippen LogP contribution in [0.3, 0.4) is 0 Å². The molecule has 0 aliphatic heterocycles. The van der Waals surface area contributed by atoms with E-state index in [0.717, 1.165) is 38.8 Å². The lowest BCUT2D eigenvalue weighted by Gasteiger charge is -2.22. The molecule has 3 aromatic carbocycles. The maximum absolute atomic E-state index is 6.27. The second-order valence-electron chi connectivity index (χ2n) is 8.60. The van der Waals surface area contributed by atoms with Crippen molar-refractivity contribution in [2.45, 2.75) is 26.2 Å². The third-order valence-corrected chi connectivity index (χ3v) is 5.30. The molecule has 154 valence electrons. The van der Waals surface area contributed by atoms with Crippen molar-refractivity contribution < 1.29 is 4.74 Å². The highest BCUT2D eigenvalue weighted by Crippen LogP contribution is 2.36. The molecule has 2 N–H and O–H groups in total. The number of hydrogen-bond acceptors (Lipinski definition) is 4. The van der Waals surface area contributed by atoms with Crippen LogP contribution in [0.4, 0.5) is 11.6 Å². The number of pyridine rings is 1. The smallest absolute Gasteiger partial charge is 0.243 e. The fourth-order valence-corrected chi connectivity index (χ4v) is 3.78. The first-order valence-electron chi connectivity index (χ1n) is 10.4. The molecule has 0 bridgehead atoms.